The van der Waals surface area contributed by atoms with Gasteiger partial charge in [-0.25, -0.2) is 4.39 Å². The van der Waals surface area contributed by atoms with Crippen LogP contribution in [0.4, 0.5) is 4.39 Å². The Kier molecular flexibility index (Phi) is 4.39. The first-order valence-electron chi connectivity index (χ1n) is 4.16. The molecule has 0 aliphatic heterocycles. The molecule has 0 bridgehead atoms. The highest BCUT2D eigenvalue weighted by Gasteiger charge is 2.10. The third-order valence-corrected chi connectivity index (χ3v) is 2.98. The van der Waals surface area contributed by atoms with Gasteiger partial charge in [-0.2, -0.15) is 0 Å². The normalized spacial score (nSPS) is 12.9. The van der Waals surface area contributed by atoms with Gasteiger partial charge in [-0.15, -0.1) is 0 Å². The van der Waals surface area contributed by atoms with Crippen molar-refractivity contribution in [2.75, 3.05) is 5.33 Å². The van der Waals surface area contributed by atoms with E-state index in [4.69, 9.17) is 0 Å². The molecule has 72 valence electrons. The minimum absolute atomic E-state index is 0.114. The molecule has 0 heterocycles. The van der Waals surface area contributed by atoms with E-state index in [0.717, 1.165) is 21.8 Å². The summed E-state index contributed by atoms with van der Waals surface area (Å²) in [5.41, 5.74) is 0.786. The molecule has 0 spiro atoms. The maximum absolute atomic E-state index is 13.3. The lowest BCUT2D eigenvalue weighted by molar-refractivity contribution is 0.585. The lowest BCUT2D eigenvalue weighted by atomic mass is 9.98. The molecule has 0 aliphatic carbocycles. The maximum Gasteiger partial charge on any atom is 0.126 e. The molecule has 0 saturated carbocycles. The minimum atomic E-state index is -0.114. The average molecular weight is 310 g/mol. The Morgan fingerprint density at radius 1 is 1.46 bits per heavy atom. The van der Waals surface area contributed by atoms with Crippen molar-refractivity contribution in [2.45, 2.75) is 19.3 Å². The Morgan fingerprint density at radius 2 is 2.15 bits per heavy atom. The monoisotopic (exact) mass is 308 g/mol. The van der Waals surface area contributed by atoms with Crippen LogP contribution < -0.4 is 0 Å². The van der Waals surface area contributed by atoms with E-state index in [1.54, 1.807) is 6.07 Å². The van der Waals surface area contributed by atoms with Gasteiger partial charge in [0.25, 0.3) is 0 Å². The van der Waals surface area contributed by atoms with E-state index < -0.39 is 0 Å². The van der Waals surface area contributed by atoms with E-state index in [0.29, 0.717) is 0 Å². The molecule has 1 rings (SSSR count). The number of hydrogen-bond donors (Lipinski definition) is 0. The van der Waals surface area contributed by atoms with Gasteiger partial charge in [0.1, 0.15) is 5.82 Å². The van der Waals surface area contributed by atoms with Crippen LogP contribution in [0.1, 0.15) is 24.8 Å². The van der Waals surface area contributed by atoms with E-state index in [2.05, 4.69) is 31.9 Å². The van der Waals surface area contributed by atoms with Crippen LogP contribution in [0.15, 0.2) is 22.7 Å². The smallest absolute Gasteiger partial charge is 0.126 e. The summed E-state index contributed by atoms with van der Waals surface area (Å²) in [6, 6.07) is 5.08. The standard InChI is InChI=1S/C10H11Br2F/c1-7(4-5-11)9-6-8(12)2-3-10(9)13/h2-3,6-7H,4-5H2,1H3. The first-order chi connectivity index (χ1) is 6.15. The van der Waals surface area contributed by atoms with E-state index in [1.807, 2.05) is 13.0 Å². The average Bonchev–Trinajstić information content (AvgIpc) is 2.09. The molecule has 13 heavy (non-hydrogen) atoms. The summed E-state index contributed by atoms with van der Waals surface area (Å²) in [5.74, 6) is 0.147. The SMILES string of the molecule is CC(CCBr)c1cc(Br)ccc1F. The van der Waals surface area contributed by atoms with Crippen LogP contribution >= 0.6 is 31.9 Å². The molecule has 0 saturated heterocycles. The summed E-state index contributed by atoms with van der Waals surface area (Å²) in [6.07, 6.45) is 0.952. The molecule has 3 heteroatoms. The first-order valence-corrected chi connectivity index (χ1v) is 6.07. The summed E-state index contributed by atoms with van der Waals surface area (Å²) in [4.78, 5) is 0. The highest BCUT2D eigenvalue weighted by atomic mass is 79.9. The topological polar surface area (TPSA) is 0 Å². The van der Waals surface area contributed by atoms with Gasteiger partial charge in [0.05, 0.1) is 0 Å². The quantitative estimate of drug-likeness (QED) is 0.722. The maximum atomic E-state index is 13.3. The Balaban J connectivity index is 2.91. The lowest BCUT2D eigenvalue weighted by Gasteiger charge is -2.11. The number of alkyl halides is 1. The summed E-state index contributed by atoms with van der Waals surface area (Å²) in [5, 5.41) is 0.903. The van der Waals surface area contributed by atoms with Crippen LogP contribution in [0, 0.1) is 5.82 Å². The van der Waals surface area contributed by atoms with Crippen molar-refractivity contribution in [1.82, 2.24) is 0 Å². The van der Waals surface area contributed by atoms with Gasteiger partial charge in [0, 0.05) is 9.80 Å². The molecule has 0 nitrogen and oxygen atoms in total. The molecule has 1 aromatic rings. The minimum Gasteiger partial charge on any atom is -0.207 e. The first kappa shape index (κ1) is 11.2. The van der Waals surface area contributed by atoms with Gasteiger partial charge in [-0.05, 0) is 36.1 Å². The molecule has 0 fully saturated rings. The van der Waals surface area contributed by atoms with E-state index >= 15 is 0 Å². The highest BCUT2D eigenvalue weighted by molar-refractivity contribution is 9.10. The van der Waals surface area contributed by atoms with Gasteiger partial charge in [-0.1, -0.05) is 38.8 Å². The third kappa shape index (κ3) is 3.06. The molecule has 1 unspecified atom stereocenters. The fraction of sp³-hybridized carbons (Fsp3) is 0.400. The van der Waals surface area contributed by atoms with Gasteiger partial charge in [0.15, 0.2) is 0 Å². The zero-order valence-electron chi connectivity index (χ0n) is 7.36. The molecule has 1 aromatic carbocycles. The molecule has 0 amide bonds. The molecule has 0 radical (unpaired) electrons. The van der Waals surface area contributed by atoms with Crippen molar-refractivity contribution in [3.8, 4) is 0 Å². The summed E-state index contributed by atoms with van der Waals surface area (Å²) in [7, 11) is 0. The molecular weight excluding hydrogens is 299 g/mol. The predicted octanol–water partition coefficient (Wildman–Crippen LogP) is 4.48. The van der Waals surface area contributed by atoms with Crippen LogP contribution in [0.2, 0.25) is 0 Å². The van der Waals surface area contributed by atoms with Crippen LogP contribution in [-0.4, -0.2) is 5.33 Å². The fourth-order valence-corrected chi connectivity index (χ4v) is 2.28. The van der Waals surface area contributed by atoms with E-state index in [1.165, 1.54) is 6.07 Å². The summed E-state index contributed by atoms with van der Waals surface area (Å²) >= 11 is 6.69. The second-order valence-corrected chi connectivity index (χ2v) is 4.75. The van der Waals surface area contributed by atoms with Crippen LogP contribution in [0.5, 0.6) is 0 Å². The Labute approximate surface area is 94.8 Å². The van der Waals surface area contributed by atoms with Crippen LogP contribution in [0.3, 0.4) is 0 Å². The Bertz CT molecular complexity index is 286. The highest BCUT2D eigenvalue weighted by Crippen LogP contribution is 2.25. The van der Waals surface area contributed by atoms with Crippen molar-refractivity contribution in [2.24, 2.45) is 0 Å². The van der Waals surface area contributed by atoms with E-state index in [-0.39, 0.29) is 11.7 Å². The van der Waals surface area contributed by atoms with Crippen molar-refractivity contribution in [1.29, 1.82) is 0 Å². The third-order valence-electron chi connectivity index (χ3n) is 2.03. The molecule has 0 N–H and O–H groups in total. The zero-order chi connectivity index (χ0) is 9.84. The number of rotatable bonds is 3. The Morgan fingerprint density at radius 3 is 2.77 bits per heavy atom. The zero-order valence-corrected chi connectivity index (χ0v) is 10.5. The van der Waals surface area contributed by atoms with E-state index in [9.17, 15) is 4.39 Å². The number of benzene rings is 1. The van der Waals surface area contributed by atoms with Gasteiger partial charge in [0.2, 0.25) is 0 Å². The molecular formula is C10H11Br2F. The summed E-state index contributed by atoms with van der Waals surface area (Å²) < 4.78 is 14.2. The summed E-state index contributed by atoms with van der Waals surface area (Å²) in [6.45, 7) is 2.03. The van der Waals surface area contributed by atoms with Gasteiger partial charge < -0.3 is 0 Å². The Hall–Kier alpha value is 0.110. The lowest BCUT2D eigenvalue weighted by Crippen LogP contribution is -1.97. The largest absolute Gasteiger partial charge is 0.207 e. The fourth-order valence-electron chi connectivity index (χ4n) is 1.21. The van der Waals surface area contributed by atoms with Gasteiger partial charge in [-0.3, -0.25) is 0 Å². The van der Waals surface area contributed by atoms with Crippen molar-refractivity contribution in [3.63, 3.8) is 0 Å². The van der Waals surface area contributed by atoms with Gasteiger partial charge >= 0.3 is 0 Å². The second-order valence-electron chi connectivity index (χ2n) is 3.04. The molecule has 0 aliphatic rings. The van der Waals surface area contributed by atoms with Crippen molar-refractivity contribution < 1.29 is 4.39 Å². The van der Waals surface area contributed by atoms with Crippen molar-refractivity contribution in [3.05, 3.63) is 34.1 Å². The predicted molar refractivity (Wildman–Crippen MR) is 60.9 cm³/mol. The number of hydrogen-bond acceptors (Lipinski definition) is 0. The van der Waals surface area contributed by atoms with Crippen LogP contribution in [0.25, 0.3) is 0 Å². The van der Waals surface area contributed by atoms with Crippen LogP contribution in [-0.2, 0) is 0 Å². The molecule has 0 aromatic heterocycles. The molecule has 1 atom stereocenters. The number of halogens is 3. The van der Waals surface area contributed by atoms with Crippen molar-refractivity contribution >= 4 is 31.9 Å². The second kappa shape index (κ2) is 5.11.